The lowest BCUT2D eigenvalue weighted by Gasteiger charge is -2.08. The fourth-order valence-electron chi connectivity index (χ4n) is 3.40. The summed E-state index contributed by atoms with van der Waals surface area (Å²) in [5.74, 6) is 1.74. The first kappa shape index (κ1) is 27.2. The van der Waals surface area contributed by atoms with E-state index in [-0.39, 0.29) is 13.2 Å². The van der Waals surface area contributed by atoms with Gasteiger partial charge in [-0.25, -0.2) is 0 Å². The van der Waals surface area contributed by atoms with Gasteiger partial charge in [-0.3, -0.25) is 0 Å². The van der Waals surface area contributed by atoms with Gasteiger partial charge < -0.3 is 14.9 Å². The molecule has 5 aromatic rings. The summed E-state index contributed by atoms with van der Waals surface area (Å²) in [6.45, 7) is -0.250. The molecule has 3 heteroatoms. The lowest BCUT2D eigenvalue weighted by molar-refractivity contribution is 0.186. The van der Waals surface area contributed by atoms with E-state index in [1.807, 2.05) is 66.7 Å². The molecular weight excluding hydrogens is 456 g/mol. The number of hydrogen-bond acceptors (Lipinski definition) is 3. The van der Waals surface area contributed by atoms with Gasteiger partial charge in [0.25, 0.3) is 0 Å². The van der Waals surface area contributed by atoms with Gasteiger partial charge in [0.1, 0.15) is 11.5 Å². The maximum Gasteiger partial charge on any atom is 0.127 e. The molecule has 0 aliphatic carbocycles. The van der Waals surface area contributed by atoms with Crippen molar-refractivity contribution in [3.05, 3.63) is 168 Å². The highest BCUT2D eigenvalue weighted by molar-refractivity contribution is 5.91. The Hall–Kier alpha value is -4.44. The lowest BCUT2D eigenvalue weighted by Crippen LogP contribution is -1.87. The van der Waals surface area contributed by atoms with Crippen LogP contribution in [0.1, 0.15) is 16.7 Å². The number of aliphatic hydroxyl groups excluding tert-OH is 2. The summed E-state index contributed by atoms with van der Waals surface area (Å²) in [6.07, 6.45) is 2.24. The molecule has 0 amide bonds. The van der Waals surface area contributed by atoms with E-state index in [0.29, 0.717) is 0 Å². The van der Waals surface area contributed by atoms with E-state index in [4.69, 9.17) is 14.9 Å². The first-order chi connectivity index (χ1) is 18.3. The second-order valence-electron chi connectivity index (χ2n) is 7.88. The van der Waals surface area contributed by atoms with Crippen LogP contribution >= 0.6 is 0 Å². The van der Waals surface area contributed by atoms with Gasteiger partial charge in [-0.2, -0.15) is 0 Å². The molecule has 0 radical (unpaired) electrons. The Balaban J connectivity index is 0.000000192. The molecule has 3 nitrogen and oxygen atoms in total. The Morgan fingerprint density at radius 3 is 1.14 bits per heavy atom. The summed E-state index contributed by atoms with van der Waals surface area (Å²) in [7, 11) is 0. The van der Waals surface area contributed by atoms with E-state index >= 15 is 0 Å². The third kappa shape index (κ3) is 9.98. The van der Waals surface area contributed by atoms with Crippen LogP contribution in [0.5, 0.6) is 11.5 Å². The maximum atomic E-state index is 7.62. The van der Waals surface area contributed by atoms with Crippen LogP contribution < -0.4 is 4.74 Å². The van der Waals surface area contributed by atoms with Crippen LogP contribution in [0.2, 0.25) is 0 Å². The molecule has 0 aliphatic heterocycles. The normalized spacial score (nSPS) is 9.57. The number of hydrogen-bond donors (Lipinski definition) is 2. The molecule has 0 atom stereocenters. The quantitative estimate of drug-likeness (QED) is 0.241. The third-order valence-electron chi connectivity index (χ3n) is 5.10. The molecular formula is C34H32O3. The standard InChI is InChI=1S/C20H16.C12H10O.C2H6O2/c1-4-10-17(11-5-1)16-20(18-12-6-2-7-13-18)19-14-8-3-9-15-19;1-3-7-11(8-4-1)13-12-9-5-2-6-10-12;3-1-2-4/h1-16H;1-10H;3-4H,1-2H2. The van der Waals surface area contributed by atoms with Gasteiger partial charge in [-0.1, -0.05) is 127 Å². The lowest BCUT2D eigenvalue weighted by atomic mass is 9.96. The number of para-hydroxylation sites is 2. The summed E-state index contributed by atoms with van der Waals surface area (Å²) in [4.78, 5) is 0. The van der Waals surface area contributed by atoms with Gasteiger partial charge in [-0.05, 0) is 52.6 Å². The Kier molecular flexibility index (Phi) is 11.9. The van der Waals surface area contributed by atoms with Crippen molar-refractivity contribution in [1.29, 1.82) is 0 Å². The van der Waals surface area contributed by atoms with Crippen LogP contribution in [-0.2, 0) is 0 Å². The summed E-state index contributed by atoms with van der Waals surface area (Å²) >= 11 is 0. The van der Waals surface area contributed by atoms with E-state index in [0.717, 1.165) is 11.5 Å². The average molecular weight is 489 g/mol. The molecule has 5 aromatic carbocycles. The summed E-state index contributed by atoms with van der Waals surface area (Å²) in [6, 6.07) is 51.0. The first-order valence-electron chi connectivity index (χ1n) is 12.2. The minimum Gasteiger partial charge on any atom is -0.457 e. The third-order valence-corrected chi connectivity index (χ3v) is 5.10. The van der Waals surface area contributed by atoms with Crippen LogP contribution in [0.4, 0.5) is 0 Å². The highest BCUT2D eigenvalue weighted by Crippen LogP contribution is 2.25. The van der Waals surface area contributed by atoms with Crippen LogP contribution in [0, 0.1) is 0 Å². The summed E-state index contributed by atoms with van der Waals surface area (Å²) < 4.78 is 5.58. The average Bonchev–Trinajstić information content (AvgIpc) is 2.99. The Morgan fingerprint density at radius 1 is 0.459 bits per heavy atom. The topological polar surface area (TPSA) is 49.7 Å². The van der Waals surface area contributed by atoms with Gasteiger partial charge >= 0.3 is 0 Å². The number of benzene rings is 5. The molecule has 0 spiro atoms. The molecule has 0 saturated heterocycles. The fraction of sp³-hybridized carbons (Fsp3) is 0.0588. The number of ether oxygens (including phenoxy) is 1. The van der Waals surface area contributed by atoms with E-state index in [1.165, 1.54) is 22.3 Å². The molecule has 0 saturated carbocycles. The van der Waals surface area contributed by atoms with E-state index in [1.54, 1.807) is 0 Å². The summed E-state index contributed by atoms with van der Waals surface area (Å²) in [5.41, 5.74) is 4.94. The van der Waals surface area contributed by atoms with Crippen LogP contribution in [0.3, 0.4) is 0 Å². The van der Waals surface area contributed by atoms with Crippen molar-refractivity contribution in [2.75, 3.05) is 13.2 Å². The highest BCUT2D eigenvalue weighted by Gasteiger charge is 2.04. The molecule has 5 rings (SSSR count). The number of rotatable bonds is 6. The molecule has 0 aromatic heterocycles. The molecule has 186 valence electrons. The number of aliphatic hydroxyl groups is 2. The maximum absolute atomic E-state index is 7.62. The largest absolute Gasteiger partial charge is 0.457 e. The summed E-state index contributed by atoms with van der Waals surface area (Å²) in [5, 5.41) is 15.2. The predicted molar refractivity (Wildman–Crippen MR) is 153 cm³/mol. The van der Waals surface area contributed by atoms with Crippen molar-refractivity contribution in [2.24, 2.45) is 0 Å². The minimum absolute atomic E-state index is 0.125. The smallest absolute Gasteiger partial charge is 0.127 e. The van der Waals surface area contributed by atoms with E-state index in [9.17, 15) is 0 Å². The van der Waals surface area contributed by atoms with E-state index < -0.39 is 0 Å². The van der Waals surface area contributed by atoms with Gasteiger partial charge in [0.15, 0.2) is 0 Å². The van der Waals surface area contributed by atoms with Crippen molar-refractivity contribution >= 4 is 11.6 Å². The van der Waals surface area contributed by atoms with Crippen LogP contribution in [0.15, 0.2) is 152 Å². The van der Waals surface area contributed by atoms with Crippen molar-refractivity contribution in [1.82, 2.24) is 0 Å². The Bertz CT molecular complexity index is 1190. The van der Waals surface area contributed by atoms with Crippen LogP contribution in [0.25, 0.3) is 11.6 Å². The van der Waals surface area contributed by atoms with Crippen molar-refractivity contribution in [2.45, 2.75) is 0 Å². The Labute approximate surface area is 219 Å². The van der Waals surface area contributed by atoms with Crippen molar-refractivity contribution < 1.29 is 14.9 Å². The zero-order valence-electron chi connectivity index (χ0n) is 20.7. The van der Waals surface area contributed by atoms with Gasteiger partial charge in [0.05, 0.1) is 13.2 Å². The molecule has 0 unspecified atom stereocenters. The molecule has 0 heterocycles. The van der Waals surface area contributed by atoms with Crippen LogP contribution in [-0.4, -0.2) is 23.4 Å². The fourth-order valence-corrected chi connectivity index (χ4v) is 3.40. The van der Waals surface area contributed by atoms with Gasteiger partial charge in [0, 0.05) is 0 Å². The highest BCUT2D eigenvalue weighted by atomic mass is 16.5. The Morgan fingerprint density at radius 2 is 0.784 bits per heavy atom. The second kappa shape index (κ2) is 16.3. The molecule has 0 bridgehead atoms. The molecule has 0 aliphatic rings. The minimum atomic E-state index is -0.125. The SMILES string of the molecule is C(=C(c1ccccc1)c1ccccc1)c1ccccc1.OCCO.c1ccc(Oc2ccccc2)cc1. The zero-order chi connectivity index (χ0) is 26.0. The van der Waals surface area contributed by atoms with Gasteiger partial charge in [0.2, 0.25) is 0 Å². The monoisotopic (exact) mass is 488 g/mol. The molecule has 2 N–H and O–H groups in total. The van der Waals surface area contributed by atoms with E-state index in [2.05, 4.69) is 91.0 Å². The molecule has 37 heavy (non-hydrogen) atoms. The van der Waals surface area contributed by atoms with Crippen molar-refractivity contribution in [3.8, 4) is 11.5 Å². The zero-order valence-corrected chi connectivity index (χ0v) is 20.7. The van der Waals surface area contributed by atoms with Gasteiger partial charge in [-0.15, -0.1) is 0 Å². The molecule has 0 fully saturated rings. The predicted octanol–water partition coefficient (Wildman–Crippen LogP) is 7.73. The first-order valence-corrected chi connectivity index (χ1v) is 12.2. The van der Waals surface area contributed by atoms with Crippen molar-refractivity contribution in [3.63, 3.8) is 0 Å². The second-order valence-corrected chi connectivity index (χ2v) is 7.88.